The van der Waals surface area contributed by atoms with Crippen LogP contribution in [0.3, 0.4) is 0 Å². The van der Waals surface area contributed by atoms with Gasteiger partial charge in [0.25, 0.3) is 0 Å². The molecule has 0 aliphatic carbocycles. The van der Waals surface area contributed by atoms with Crippen LogP contribution in [0.4, 0.5) is 0 Å². The van der Waals surface area contributed by atoms with Crippen LogP contribution in [0.15, 0.2) is 60.0 Å². The van der Waals surface area contributed by atoms with Crippen LogP contribution in [0, 0.1) is 0 Å². The van der Waals surface area contributed by atoms with Crippen LogP contribution in [0.25, 0.3) is 5.69 Å². The predicted octanol–water partition coefficient (Wildman–Crippen LogP) is 4.69. The van der Waals surface area contributed by atoms with E-state index in [4.69, 9.17) is 34.8 Å². The van der Waals surface area contributed by atoms with Crippen molar-refractivity contribution in [1.29, 1.82) is 0 Å². The highest BCUT2D eigenvalue weighted by atomic mass is 35.5. The third-order valence-corrected chi connectivity index (χ3v) is 5.32. The Morgan fingerprint density at radius 1 is 1.04 bits per heavy atom. The fraction of sp³-hybridized carbons (Fsp3) is 0.0588. The molecule has 25 heavy (non-hydrogen) atoms. The maximum absolute atomic E-state index is 12.4. The van der Waals surface area contributed by atoms with Crippen LogP contribution >= 0.6 is 46.6 Å². The van der Waals surface area contributed by atoms with E-state index in [0.29, 0.717) is 25.8 Å². The molecule has 8 heteroatoms. The summed E-state index contributed by atoms with van der Waals surface area (Å²) in [5, 5.41) is 9.91. The van der Waals surface area contributed by atoms with Gasteiger partial charge in [-0.2, -0.15) is 4.57 Å². The highest BCUT2D eigenvalue weighted by Crippen LogP contribution is 2.24. The number of ketones is 1. The van der Waals surface area contributed by atoms with Crippen molar-refractivity contribution in [2.45, 2.75) is 5.16 Å². The first-order valence-corrected chi connectivity index (χ1v) is 9.27. The Morgan fingerprint density at radius 2 is 1.84 bits per heavy atom. The van der Waals surface area contributed by atoms with Gasteiger partial charge in [-0.15, -0.1) is 0 Å². The van der Waals surface area contributed by atoms with Crippen molar-refractivity contribution in [3.05, 3.63) is 75.5 Å². The number of aromatic nitrogens is 3. The van der Waals surface area contributed by atoms with Gasteiger partial charge in [0.15, 0.2) is 11.5 Å². The normalized spacial score (nSPS) is 10.7. The standard InChI is InChI=1S/C17H11Cl3N3OS/c18-12-6-5-11(9-14(12)20)16(24)10-25-17-22-21-7-8-23(17)15-4-2-1-3-13(15)19/h1-9H,10H2/q+1. The summed E-state index contributed by atoms with van der Waals surface area (Å²) < 4.78 is 1.79. The highest BCUT2D eigenvalue weighted by molar-refractivity contribution is 7.99. The highest BCUT2D eigenvalue weighted by Gasteiger charge is 2.20. The summed E-state index contributed by atoms with van der Waals surface area (Å²) in [5.41, 5.74) is 1.26. The first-order chi connectivity index (χ1) is 12.1. The molecule has 0 radical (unpaired) electrons. The van der Waals surface area contributed by atoms with E-state index in [0.717, 1.165) is 5.69 Å². The summed E-state index contributed by atoms with van der Waals surface area (Å²) in [5.74, 6) is 0.0983. The number of hydrogen-bond donors (Lipinski definition) is 0. The van der Waals surface area contributed by atoms with E-state index >= 15 is 0 Å². The number of nitrogens with zero attached hydrogens (tertiary/aromatic N) is 3. The Balaban J connectivity index is 1.81. The number of rotatable bonds is 5. The molecule has 3 rings (SSSR count). The summed E-state index contributed by atoms with van der Waals surface area (Å²) >= 11 is 19.4. The zero-order valence-corrected chi connectivity index (χ0v) is 15.8. The Kier molecular flexibility index (Phi) is 5.91. The van der Waals surface area contributed by atoms with Crippen LogP contribution in [-0.4, -0.2) is 21.7 Å². The molecule has 2 aromatic carbocycles. The zero-order chi connectivity index (χ0) is 17.8. The van der Waals surface area contributed by atoms with Crippen LogP contribution in [0.5, 0.6) is 0 Å². The minimum absolute atomic E-state index is 0.0834. The number of hydrogen-bond acceptors (Lipinski definition) is 4. The maximum atomic E-state index is 12.4. The van der Waals surface area contributed by atoms with Crippen molar-refractivity contribution >= 4 is 52.3 Å². The number of Topliss-reactive ketones (excluding diaryl/α,β-unsaturated/α-hetero) is 1. The molecule has 0 unspecified atom stereocenters. The average Bonchev–Trinajstić information content (AvgIpc) is 2.63. The summed E-state index contributed by atoms with van der Waals surface area (Å²) in [6.07, 6.45) is 3.31. The lowest BCUT2D eigenvalue weighted by Gasteiger charge is -2.04. The van der Waals surface area contributed by atoms with Crippen molar-refractivity contribution in [1.82, 2.24) is 10.2 Å². The quantitative estimate of drug-likeness (QED) is 0.347. The van der Waals surface area contributed by atoms with Crippen molar-refractivity contribution in [3.63, 3.8) is 0 Å². The smallest absolute Gasteiger partial charge is 0.293 e. The van der Waals surface area contributed by atoms with Crippen LogP contribution < -0.4 is 4.57 Å². The molecule has 0 fully saturated rings. The topological polar surface area (TPSA) is 46.7 Å². The Labute approximate surface area is 163 Å². The van der Waals surface area contributed by atoms with Gasteiger partial charge in [0.1, 0.15) is 12.4 Å². The Morgan fingerprint density at radius 3 is 2.60 bits per heavy atom. The largest absolute Gasteiger partial charge is 0.391 e. The van der Waals surface area contributed by atoms with E-state index in [1.165, 1.54) is 11.8 Å². The van der Waals surface area contributed by atoms with Gasteiger partial charge < -0.3 is 0 Å². The predicted molar refractivity (Wildman–Crippen MR) is 100 cm³/mol. The first kappa shape index (κ1) is 18.1. The van der Waals surface area contributed by atoms with E-state index in [9.17, 15) is 4.79 Å². The third kappa shape index (κ3) is 4.30. The minimum Gasteiger partial charge on any atom is -0.293 e. The van der Waals surface area contributed by atoms with Gasteiger partial charge in [-0.25, -0.2) is 0 Å². The molecule has 0 bridgehead atoms. The number of para-hydroxylation sites is 1. The number of benzene rings is 2. The SMILES string of the molecule is O=C(CSc1nncc[n+]1-c1ccccc1Cl)c1ccc(Cl)c(Cl)c1. The molecule has 1 heterocycles. The van der Waals surface area contributed by atoms with Gasteiger partial charge in [-0.1, -0.05) is 46.9 Å². The molecule has 0 saturated heterocycles. The van der Waals surface area contributed by atoms with Crippen LogP contribution in [0.1, 0.15) is 10.4 Å². The van der Waals surface area contributed by atoms with Crippen molar-refractivity contribution in [3.8, 4) is 5.69 Å². The summed E-state index contributed by atoms with van der Waals surface area (Å²) in [7, 11) is 0. The summed E-state index contributed by atoms with van der Waals surface area (Å²) in [6.45, 7) is 0. The van der Waals surface area contributed by atoms with E-state index in [1.54, 1.807) is 41.2 Å². The van der Waals surface area contributed by atoms with Gasteiger partial charge in [-0.05, 0) is 47.2 Å². The minimum atomic E-state index is -0.0834. The van der Waals surface area contributed by atoms with Crippen molar-refractivity contribution < 1.29 is 9.36 Å². The number of thioether (sulfide) groups is 1. The second-order valence-corrected chi connectivity index (χ2v) is 7.12. The molecule has 3 aromatic rings. The molecule has 4 nitrogen and oxygen atoms in total. The Hall–Kier alpha value is -1.66. The number of carbonyl (C=O) groups excluding carboxylic acids is 1. The van der Waals surface area contributed by atoms with Gasteiger partial charge in [-0.3, -0.25) is 4.79 Å². The van der Waals surface area contributed by atoms with Crippen molar-refractivity contribution in [2.75, 3.05) is 5.75 Å². The van der Waals surface area contributed by atoms with Gasteiger partial charge in [0, 0.05) is 5.56 Å². The summed E-state index contributed by atoms with van der Waals surface area (Å²) in [4.78, 5) is 12.4. The molecular weight excluding hydrogens is 401 g/mol. The van der Waals surface area contributed by atoms with Crippen LogP contribution in [-0.2, 0) is 0 Å². The van der Waals surface area contributed by atoms with Gasteiger partial charge >= 0.3 is 5.16 Å². The average molecular weight is 412 g/mol. The lowest BCUT2D eigenvalue weighted by atomic mass is 10.1. The molecule has 0 amide bonds. The lowest BCUT2D eigenvalue weighted by Crippen LogP contribution is -2.35. The Bertz CT molecular complexity index is 937. The monoisotopic (exact) mass is 410 g/mol. The van der Waals surface area contributed by atoms with E-state index < -0.39 is 0 Å². The molecule has 0 atom stereocenters. The zero-order valence-electron chi connectivity index (χ0n) is 12.7. The molecule has 0 aliphatic rings. The van der Waals surface area contributed by atoms with E-state index in [-0.39, 0.29) is 11.5 Å². The fourth-order valence-electron chi connectivity index (χ4n) is 2.10. The molecule has 126 valence electrons. The molecule has 0 N–H and O–H groups in total. The third-order valence-electron chi connectivity index (χ3n) is 3.32. The van der Waals surface area contributed by atoms with Crippen LogP contribution in [0.2, 0.25) is 15.1 Å². The molecule has 1 aromatic heterocycles. The second-order valence-electron chi connectivity index (χ2n) is 4.96. The number of carbonyl (C=O) groups is 1. The van der Waals surface area contributed by atoms with E-state index in [2.05, 4.69) is 10.2 Å². The number of halogens is 3. The molecule has 0 spiro atoms. The molecule has 0 saturated carbocycles. The maximum Gasteiger partial charge on any atom is 0.391 e. The lowest BCUT2D eigenvalue weighted by molar-refractivity contribution is -0.642. The molecular formula is C17H11Cl3N3OS+. The van der Waals surface area contributed by atoms with Crippen molar-refractivity contribution in [2.24, 2.45) is 0 Å². The van der Waals surface area contributed by atoms with E-state index in [1.807, 2.05) is 18.2 Å². The molecule has 0 aliphatic heterocycles. The second kappa shape index (κ2) is 8.15. The fourth-order valence-corrected chi connectivity index (χ4v) is 3.46. The summed E-state index contributed by atoms with van der Waals surface area (Å²) in [6, 6.07) is 12.2. The van der Waals surface area contributed by atoms with Gasteiger partial charge in [0.05, 0.1) is 25.9 Å². The first-order valence-electron chi connectivity index (χ1n) is 7.15. The van der Waals surface area contributed by atoms with Gasteiger partial charge in [0.2, 0.25) is 0 Å².